The summed E-state index contributed by atoms with van der Waals surface area (Å²) < 4.78 is 0. The summed E-state index contributed by atoms with van der Waals surface area (Å²) in [6.07, 6.45) is 3.13. The Morgan fingerprint density at radius 2 is 1.89 bits per heavy atom. The lowest BCUT2D eigenvalue weighted by molar-refractivity contribution is 0.102. The van der Waals surface area contributed by atoms with Crippen molar-refractivity contribution in [2.75, 3.05) is 11.9 Å². The van der Waals surface area contributed by atoms with E-state index < -0.39 is 0 Å². The zero-order valence-corrected chi connectivity index (χ0v) is 10.1. The number of carbonyl (C=O) groups is 1. The second-order valence-electron chi connectivity index (χ2n) is 3.61. The van der Waals surface area contributed by atoms with E-state index in [0.717, 1.165) is 5.56 Å². The summed E-state index contributed by atoms with van der Waals surface area (Å²) >= 11 is 0. The highest BCUT2D eigenvalue weighted by Gasteiger charge is 2.06. The summed E-state index contributed by atoms with van der Waals surface area (Å²) in [4.78, 5) is 19.7. The Morgan fingerprint density at radius 1 is 1.21 bits per heavy atom. The number of amides is 1. The lowest BCUT2D eigenvalue weighted by Gasteiger charge is -2.02. The van der Waals surface area contributed by atoms with E-state index >= 15 is 0 Å². The second kappa shape index (κ2) is 6.28. The summed E-state index contributed by atoms with van der Waals surface area (Å²) in [7, 11) is 0. The third-order valence-electron chi connectivity index (χ3n) is 2.27. The van der Waals surface area contributed by atoms with Crippen molar-refractivity contribution in [3.63, 3.8) is 0 Å². The van der Waals surface area contributed by atoms with E-state index in [0.29, 0.717) is 12.1 Å². The summed E-state index contributed by atoms with van der Waals surface area (Å²) in [6.45, 7) is 0.313. The van der Waals surface area contributed by atoms with Crippen molar-refractivity contribution < 1.29 is 4.79 Å². The van der Waals surface area contributed by atoms with Gasteiger partial charge < -0.3 is 5.73 Å². The van der Waals surface area contributed by atoms with Crippen LogP contribution in [0.25, 0.3) is 0 Å². The number of hydrogen-bond donors (Lipinski definition) is 2. The van der Waals surface area contributed by atoms with Gasteiger partial charge in [-0.3, -0.25) is 10.1 Å². The lowest BCUT2D eigenvalue weighted by Crippen LogP contribution is -2.13. The normalized spacial score (nSPS) is 9.32. The summed E-state index contributed by atoms with van der Waals surface area (Å²) in [5.74, 6) is 5.66. The fraction of sp³-hybridized carbons (Fsp3) is 0.0714. The maximum absolute atomic E-state index is 11.9. The first-order valence-electron chi connectivity index (χ1n) is 5.67. The van der Waals surface area contributed by atoms with Crippen LogP contribution >= 0.6 is 0 Å². The first-order valence-corrected chi connectivity index (χ1v) is 5.67. The van der Waals surface area contributed by atoms with Crippen molar-refractivity contribution in [1.29, 1.82) is 0 Å². The lowest BCUT2D eigenvalue weighted by atomic mass is 10.1. The predicted octanol–water partition coefficient (Wildman–Crippen LogP) is 1.04. The molecule has 1 heterocycles. The van der Waals surface area contributed by atoms with E-state index in [1.807, 2.05) is 0 Å². The molecule has 0 radical (unpaired) electrons. The second-order valence-corrected chi connectivity index (χ2v) is 3.61. The monoisotopic (exact) mass is 252 g/mol. The van der Waals surface area contributed by atoms with Crippen LogP contribution < -0.4 is 11.1 Å². The number of benzene rings is 1. The predicted molar refractivity (Wildman–Crippen MR) is 72.4 cm³/mol. The van der Waals surface area contributed by atoms with Gasteiger partial charge in [0.2, 0.25) is 5.95 Å². The number of nitrogens with two attached hydrogens (primary N) is 1. The number of hydrogen-bond acceptors (Lipinski definition) is 4. The van der Waals surface area contributed by atoms with Crippen LogP contribution in [-0.2, 0) is 0 Å². The minimum atomic E-state index is -0.260. The topological polar surface area (TPSA) is 80.9 Å². The van der Waals surface area contributed by atoms with E-state index in [9.17, 15) is 4.79 Å². The van der Waals surface area contributed by atoms with Crippen molar-refractivity contribution in [2.24, 2.45) is 5.73 Å². The minimum absolute atomic E-state index is 0.260. The molecule has 0 fully saturated rings. The fourth-order valence-electron chi connectivity index (χ4n) is 1.40. The number of carbonyl (C=O) groups excluding carboxylic acids is 1. The molecule has 2 rings (SSSR count). The molecule has 19 heavy (non-hydrogen) atoms. The number of nitrogens with zero attached hydrogens (tertiary/aromatic N) is 2. The molecule has 0 saturated heterocycles. The fourth-order valence-corrected chi connectivity index (χ4v) is 1.40. The van der Waals surface area contributed by atoms with Crippen LogP contribution in [0.2, 0.25) is 0 Å². The van der Waals surface area contributed by atoms with Crippen molar-refractivity contribution in [3.05, 3.63) is 53.9 Å². The molecule has 0 saturated carbocycles. The van der Waals surface area contributed by atoms with Gasteiger partial charge in [0.05, 0.1) is 6.54 Å². The molecule has 5 heteroatoms. The van der Waals surface area contributed by atoms with E-state index in [4.69, 9.17) is 5.73 Å². The third kappa shape index (κ3) is 3.63. The van der Waals surface area contributed by atoms with Gasteiger partial charge in [0.1, 0.15) is 0 Å². The zero-order valence-electron chi connectivity index (χ0n) is 10.1. The summed E-state index contributed by atoms with van der Waals surface area (Å²) in [6, 6.07) is 8.60. The Labute approximate surface area is 110 Å². The van der Waals surface area contributed by atoms with Crippen LogP contribution in [0, 0.1) is 11.8 Å². The van der Waals surface area contributed by atoms with Crippen LogP contribution in [0.15, 0.2) is 42.7 Å². The quantitative estimate of drug-likeness (QED) is 0.782. The number of rotatable bonds is 2. The molecule has 1 amide bonds. The number of anilines is 1. The van der Waals surface area contributed by atoms with Gasteiger partial charge in [-0.25, -0.2) is 9.97 Å². The Kier molecular flexibility index (Phi) is 4.21. The van der Waals surface area contributed by atoms with Crippen LogP contribution in [0.4, 0.5) is 5.95 Å². The largest absolute Gasteiger partial charge is 0.320 e. The molecule has 0 unspecified atom stereocenters. The van der Waals surface area contributed by atoms with Gasteiger partial charge in [-0.2, -0.15) is 0 Å². The molecule has 1 aromatic carbocycles. The molecule has 0 atom stereocenters. The van der Waals surface area contributed by atoms with Gasteiger partial charge in [0.25, 0.3) is 5.91 Å². The average Bonchev–Trinajstić information content (AvgIpc) is 2.46. The molecule has 2 aromatic rings. The molecule has 0 aliphatic carbocycles. The first-order chi connectivity index (χ1) is 9.29. The molecule has 3 N–H and O–H groups in total. The maximum Gasteiger partial charge on any atom is 0.258 e. The van der Waals surface area contributed by atoms with Crippen LogP contribution in [0.1, 0.15) is 15.9 Å². The van der Waals surface area contributed by atoms with Gasteiger partial charge in [0.15, 0.2) is 0 Å². The van der Waals surface area contributed by atoms with Gasteiger partial charge in [-0.1, -0.05) is 11.8 Å². The van der Waals surface area contributed by atoms with Crippen molar-refractivity contribution in [3.8, 4) is 11.8 Å². The SMILES string of the molecule is NCC#Cc1ccc(C(=O)Nc2ncccn2)cc1. The molecule has 5 nitrogen and oxygen atoms in total. The van der Waals surface area contributed by atoms with E-state index in [2.05, 4.69) is 27.1 Å². The molecule has 94 valence electrons. The van der Waals surface area contributed by atoms with E-state index in [-0.39, 0.29) is 11.9 Å². The van der Waals surface area contributed by atoms with Crippen molar-refractivity contribution >= 4 is 11.9 Å². The highest BCUT2D eigenvalue weighted by atomic mass is 16.1. The Balaban J connectivity index is 2.08. The average molecular weight is 252 g/mol. The van der Waals surface area contributed by atoms with Gasteiger partial charge >= 0.3 is 0 Å². The minimum Gasteiger partial charge on any atom is -0.320 e. The molecule has 0 spiro atoms. The molecule has 0 aliphatic rings. The van der Waals surface area contributed by atoms with Gasteiger partial charge in [-0.15, -0.1) is 0 Å². The molecule has 0 bridgehead atoms. The number of nitrogens with one attached hydrogen (secondary N) is 1. The van der Waals surface area contributed by atoms with Gasteiger partial charge in [-0.05, 0) is 30.3 Å². The Hall–Kier alpha value is -2.71. The van der Waals surface area contributed by atoms with Crippen LogP contribution in [0.3, 0.4) is 0 Å². The van der Waals surface area contributed by atoms with Crippen LogP contribution in [0.5, 0.6) is 0 Å². The molecular weight excluding hydrogens is 240 g/mol. The smallest absolute Gasteiger partial charge is 0.258 e. The standard InChI is InChI=1S/C14H12N4O/c15-8-1-3-11-4-6-12(7-5-11)13(19)18-14-16-9-2-10-17-14/h2,4-7,9-10H,8,15H2,(H,16,17,18,19). The highest BCUT2D eigenvalue weighted by molar-refractivity contribution is 6.03. The maximum atomic E-state index is 11.9. The molecular formula is C14H12N4O. The molecule has 1 aromatic heterocycles. The number of aromatic nitrogens is 2. The van der Waals surface area contributed by atoms with Crippen molar-refractivity contribution in [2.45, 2.75) is 0 Å². The Morgan fingerprint density at radius 3 is 2.53 bits per heavy atom. The summed E-state index contributed by atoms with van der Waals surface area (Å²) in [5, 5.41) is 2.60. The zero-order chi connectivity index (χ0) is 13.5. The highest BCUT2D eigenvalue weighted by Crippen LogP contribution is 2.05. The van der Waals surface area contributed by atoms with E-state index in [1.165, 1.54) is 0 Å². The first kappa shape index (κ1) is 12.7. The third-order valence-corrected chi connectivity index (χ3v) is 2.27. The summed E-state index contributed by atoms with van der Waals surface area (Å²) in [5.41, 5.74) is 6.63. The Bertz CT molecular complexity index is 611. The van der Waals surface area contributed by atoms with Crippen molar-refractivity contribution in [1.82, 2.24) is 9.97 Å². The molecule has 0 aliphatic heterocycles. The van der Waals surface area contributed by atoms with Gasteiger partial charge in [0, 0.05) is 23.5 Å². The van der Waals surface area contributed by atoms with E-state index in [1.54, 1.807) is 42.7 Å². The van der Waals surface area contributed by atoms with Crippen LogP contribution in [-0.4, -0.2) is 22.4 Å².